The Hall–Kier alpha value is -3.80. The Morgan fingerprint density at radius 2 is 1.79 bits per heavy atom. The number of hydrogen-bond donors (Lipinski definition) is 2. The zero-order chi connectivity index (χ0) is 27.4. The van der Waals surface area contributed by atoms with Gasteiger partial charge in [-0.1, -0.05) is 12.1 Å². The first kappa shape index (κ1) is 26.8. The highest BCUT2D eigenvalue weighted by Gasteiger charge is 2.19. The summed E-state index contributed by atoms with van der Waals surface area (Å²) < 4.78 is 11.8. The summed E-state index contributed by atoms with van der Waals surface area (Å²) in [5, 5.41) is 5.05. The number of carbonyl (C=O) groups is 1. The fraction of sp³-hybridized carbons (Fsp3) is 0.357. The van der Waals surface area contributed by atoms with E-state index in [4.69, 9.17) is 25.2 Å². The Kier molecular flexibility index (Phi) is 8.20. The third-order valence-corrected chi connectivity index (χ3v) is 7.55. The lowest BCUT2D eigenvalue weighted by Gasteiger charge is -2.31. The van der Waals surface area contributed by atoms with E-state index in [1.54, 1.807) is 0 Å². The van der Waals surface area contributed by atoms with Gasteiger partial charge in [0.05, 0.1) is 31.5 Å². The van der Waals surface area contributed by atoms with Crippen LogP contribution in [0.25, 0.3) is 21.5 Å². The molecule has 39 heavy (non-hydrogen) atoms. The van der Waals surface area contributed by atoms with Crippen LogP contribution in [0.2, 0.25) is 0 Å². The second-order valence-corrected chi connectivity index (χ2v) is 10.4. The average Bonchev–Trinajstić information content (AvgIpc) is 3.42. The molecular formula is C28H33N7O3S. The van der Waals surface area contributed by atoms with E-state index in [1.165, 1.54) is 17.5 Å². The molecule has 0 aliphatic carbocycles. The van der Waals surface area contributed by atoms with Crippen molar-refractivity contribution in [1.29, 1.82) is 0 Å². The minimum atomic E-state index is -0.482. The van der Waals surface area contributed by atoms with Crippen LogP contribution in [0.5, 0.6) is 11.5 Å². The molecular weight excluding hydrogens is 514 g/mol. The fourth-order valence-electron chi connectivity index (χ4n) is 4.48. The predicted molar refractivity (Wildman–Crippen MR) is 154 cm³/mol. The summed E-state index contributed by atoms with van der Waals surface area (Å²) in [7, 11) is 2.14. The van der Waals surface area contributed by atoms with Gasteiger partial charge in [0.15, 0.2) is 11.5 Å². The Morgan fingerprint density at radius 1 is 1.05 bits per heavy atom. The first-order chi connectivity index (χ1) is 18.9. The highest BCUT2D eigenvalue weighted by Crippen LogP contribution is 2.36. The highest BCUT2D eigenvalue weighted by molar-refractivity contribution is 7.16. The number of hydrogen-bond acceptors (Lipinski definition) is 10. The van der Waals surface area contributed by atoms with Gasteiger partial charge >= 0.3 is 0 Å². The number of thiazole rings is 1. The number of ether oxygens (including phenoxy) is 2. The first-order valence-corrected chi connectivity index (χ1v) is 13.9. The number of fused-ring (bicyclic) bond motifs is 1. The summed E-state index contributed by atoms with van der Waals surface area (Å²) in [6.45, 7) is 9.57. The monoisotopic (exact) mass is 547 g/mol. The van der Waals surface area contributed by atoms with E-state index in [0.29, 0.717) is 42.0 Å². The number of likely N-dealkylation sites (N-methyl/N-ethyl adjacent to an activating group) is 1. The lowest BCUT2D eigenvalue weighted by atomic mass is 10.1. The normalized spacial score (nSPS) is 14.4. The summed E-state index contributed by atoms with van der Waals surface area (Å²) in [5.74, 6) is 2.26. The van der Waals surface area contributed by atoms with E-state index in [0.717, 1.165) is 59.2 Å². The van der Waals surface area contributed by atoms with Crippen molar-refractivity contribution >= 4 is 39.7 Å². The molecule has 3 N–H and O–H groups in total. The van der Waals surface area contributed by atoms with Crippen LogP contribution in [-0.2, 0) is 6.54 Å². The number of aromatic nitrogens is 3. The van der Waals surface area contributed by atoms with Crippen LogP contribution in [0.4, 0.5) is 11.5 Å². The van der Waals surface area contributed by atoms with Crippen molar-refractivity contribution in [2.45, 2.75) is 20.4 Å². The van der Waals surface area contributed by atoms with Gasteiger partial charge in [-0.15, -0.1) is 11.3 Å². The zero-order valence-corrected chi connectivity index (χ0v) is 23.3. The predicted octanol–water partition coefficient (Wildman–Crippen LogP) is 4.14. The molecule has 2 aromatic heterocycles. The van der Waals surface area contributed by atoms with Gasteiger partial charge in [0, 0.05) is 48.9 Å². The topological polar surface area (TPSA) is 119 Å². The van der Waals surface area contributed by atoms with E-state index in [-0.39, 0.29) is 0 Å². The lowest BCUT2D eigenvalue weighted by Crippen LogP contribution is -2.44. The van der Waals surface area contributed by atoms with Crippen LogP contribution in [0.15, 0.2) is 42.6 Å². The maximum absolute atomic E-state index is 11.5. The molecule has 0 unspecified atom stereocenters. The molecule has 1 amide bonds. The summed E-state index contributed by atoms with van der Waals surface area (Å²) in [6.07, 6.45) is 1.51. The standard InChI is InChI=1S/C28H33N7O3S/c1-4-37-22-14-20-21(15-23(22)38-5-2)32-25(17-35-11-9-34(3)10-12-35)33-27(20)31-19-8-6-7-18(13-19)28-30-16-24(39-28)26(29)36/h6-8,13-16H,4-5,9-12,17H2,1-3H3,(H2,29,36)(H,31,32,33). The molecule has 4 aromatic rings. The van der Waals surface area contributed by atoms with Crippen molar-refractivity contribution in [2.24, 2.45) is 5.73 Å². The molecule has 0 spiro atoms. The van der Waals surface area contributed by atoms with Crippen LogP contribution >= 0.6 is 11.3 Å². The molecule has 1 aliphatic heterocycles. The van der Waals surface area contributed by atoms with Crippen LogP contribution in [0, 0.1) is 0 Å². The summed E-state index contributed by atoms with van der Waals surface area (Å²) in [6, 6.07) is 11.7. The summed E-state index contributed by atoms with van der Waals surface area (Å²) in [5.41, 5.74) is 7.92. The van der Waals surface area contributed by atoms with Crippen LogP contribution in [0.3, 0.4) is 0 Å². The van der Waals surface area contributed by atoms with Gasteiger partial charge in [0.1, 0.15) is 21.5 Å². The molecule has 10 nitrogen and oxygen atoms in total. The van der Waals surface area contributed by atoms with Gasteiger partial charge < -0.3 is 25.4 Å². The van der Waals surface area contributed by atoms with Gasteiger partial charge in [-0.05, 0) is 39.1 Å². The Morgan fingerprint density at radius 3 is 2.49 bits per heavy atom. The van der Waals surface area contributed by atoms with Crippen LogP contribution in [0.1, 0.15) is 29.3 Å². The van der Waals surface area contributed by atoms with Crippen molar-refractivity contribution in [3.8, 4) is 22.1 Å². The molecule has 5 rings (SSSR count). The summed E-state index contributed by atoms with van der Waals surface area (Å²) >= 11 is 1.27. The van der Waals surface area contributed by atoms with Crippen molar-refractivity contribution in [2.75, 3.05) is 51.8 Å². The van der Waals surface area contributed by atoms with Crippen molar-refractivity contribution in [1.82, 2.24) is 24.8 Å². The first-order valence-electron chi connectivity index (χ1n) is 13.1. The average molecular weight is 548 g/mol. The van der Waals surface area contributed by atoms with Crippen molar-refractivity contribution in [3.05, 3.63) is 53.3 Å². The van der Waals surface area contributed by atoms with E-state index < -0.39 is 5.91 Å². The van der Waals surface area contributed by atoms with Gasteiger partial charge in [-0.2, -0.15) is 0 Å². The molecule has 204 valence electrons. The lowest BCUT2D eigenvalue weighted by molar-refractivity contribution is 0.100. The van der Waals surface area contributed by atoms with E-state index >= 15 is 0 Å². The SMILES string of the molecule is CCOc1cc2nc(CN3CCN(C)CC3)nc(Nc3cccc(-c4ncc(C(N)=O)s4)c3)c2cc1OCC. The molecule has 2 aromatic carbocycles. The van der Waals surface area contributed by atoms with Crippen LogP contribution < -0.4 is 20.5 Å². The zero-order valence-electron chi connectivity index (χ0n) is 22.4. The number of nitrogens with two attached hydrogens (primary N) is 1. The van der Waals surface area contributed by atoms with Gasteiger partial charge in [-0.3, -0.25) is 9.69 Å². The maximum Gasteiger partial charge on any atom is 0.260 e. The molecule has 1 fully saturated rings. The Balaban J connectivity index is 1.53. The number of nitrogens with zero attached hydrogens (tertiary/aromatic N) is 5. The fourth-order valence-corrected chi connectivity index (χ4v) is 5.25. The Labute approximate surface area is 231 Å². The molecule has 11 heteroatoms. The van der Waals surface area contributed by atoms with Crippen molar-refractivity contribution in [3.63, 3.8) is 0 Å². The second kappa shape index (κ2) is 11.9. The molecule has 1 aliphatic rings. The number of nitrogens with one attached hydrogen (secondary N) is 1. The van der Waals surface area contributed by atoms with Crippen LogP contribution in [-0.4, -0.2) is 77.1 Å². The number of benzene rings is 2. The number of anilines is 2. The van der Waals surface area contributed by atoms with E-state index in [9.17, 15) is 4.79 Å². The largest absolute Gasteiger partial charge is 0.490 e. The number of rotatable bonds is 10. The van der Waals surface area contributed by atoms with Gasteiger partial charge in [-0.25, -0.2) is 15.0 Å². The minimum Gasteiger partial charge on any atom is -0.490 e. The van der Waals surface area contributed by atoms with E-state index in [2.05, 4.69) is 27.1 Å². The summed E-state index contributed by atoms with van der Waals surface area (Å²) in [4.78, 5) is 30.9. The minimum absolute atomic E-state index is 0.423. The second-order valence-electron chi connectivity index (χ2n) is 9.35. The van der Waals surface area contributed by atoms with Crippen molar-refractivity contribution < 1.29 is 14.3 Å². The van der Waals surface area contributed by atoms with Gasteiger partial charge in [0.2, 0.25) is 0 Å². The molecule has 0 atom stereocenters. The third-order valence-electron chi connectivity index (χ3n) is 6.49. The molecule has 1 saturated heterocycles. The highest BCUT2D eigenvalue weighted by atomic mass is 32.1. The number of primary amides is 1. The van der Waals surface area contributed by atoms with E-state index in [1.807, 2.05) is 50.2 Å². The Bertz CT molecular complexity index is 1470. The number of piperazine rings is 1. The molecule has 0 radical (unpaired) electrons. The number of carbonyl (C=O) groups excluding carboxylic acids is 1. The maximum atomic E-state index is 11.5. The van der Waals surface area contributed by atoms with Gasteiger partial charge in [0.25, 0.3) is 5.91 Å². The molecule has 3 heterocycles. The smallest absolute Gasteiger partial charge is 0.260 e. The third kappa shape index (κ3) is 6.27. The molecule has 0 saturated carbocycles. The molecule has 0 bridgehead atoms. The quantitative estimate of drug-likeness (QED) is 0.302. The number of amides is 1.